The molecular formula is C31H29N5O4S2. The van der Waals surface area contributed by atoms with Crippen LogP contribution in [0.3, 0.4) is 0 Å². The number of hydrogen-bond donors (Lipinski definition) is 2. The van der Waals surface area contributed by atoms with Crippen LogP contribution in [0.25, 0.3) is 22.0 Å². The maximum absolute atomic E-state index is 12.9. The topological polar surface area (TPSA) is 131 Å². The first-order valence-corrected chi connectivity index (χ1v) is 15.6. The van der Waals surface area contributed by atoms with E-state index in [0.29, 0.717) is 40.4 Å². The number of non-ortho nitro benzene ring substituents is 1. The van der Waals surface area contributed by atoms with E-state index in [1.165, 1.54) is 35.2 Å². The molecule has 2 aromatic heterocycles. The largest absolute Gasteiger partial charge is 0.341 e. The lowest BCUT2D eigenvalue weighted by atomic mass is 10.0. The zero-order valence-corrected chi connectivity index (χ0v) is 24.5. The first-order chi connectivity index (χ1) is 20.4. The molecule has 0 aliphatic heterocycles. The number of benzene rings is 3. The van der Waals surface area contributed by atoms with Gasteiger partial charge in [-0.05, 0) is 42.0 Å². The second-order valence-electron chi connectivity index (χ2n) is 9.80. The minimum atomic E-state index is -0.456. The van der Waals surface area contributed by atoms with E-state index in [1.54, 1.807) is 30.2 Å². The second kappa shape index (κ2) is 13.5. The van der Waals surface area contributed by atoms with Crippen LogP contribution in [-0.2, 0) is 0 Å². The highest BCUT2D eigenvalue weighted by molar-refractivity contribution is 7.98. The molecule has 5 rings (SSSR count). The summed E-state index contributed by atoms with van der Waals surface area (Å²) in [6.07, 6.45) is 8.33. The molecule has 0 unspecified atom stereocenters. The molecule has 0 spiro atoms. The van der Waals surface area contributed by atoms with Gasteiger partial charge < -0.3 is 10.3 Å². The van der Waals surface area contributed by atoms with Crippen LogP contribution >= 0.6 is 23.1 Å². The zero-order valence-electron chi connectivity index (χ0n) is 22.9. The van der Waals surface area contributed by atoms with E-state index >= 15 is 0 Å². The molecule has 5 aromatic rings. The predicted molar refractivity (Wildman–Crippen MR) is 166 cm³/mol. The molecule has 2 N–H and O–H groups in total. The number of nitro benzene ring substituents is 1. The molecule has 3 aromatic carbocycles. The van der Waals surface area contributed by atoms with Gasteiger partial charge in [-0.25, -0.2) is 4.98 Å². The van der Waals surface area contributed by atoms with Crippen molar-refractivity contribution >= 4 is 51.2 Å². The summed E-state index contributed by atoms with van der Waals surface area (Å²) in [4.78, 5) is 49.6. The monoisotopic (exact) mass is 599 g/mol. The lowest BCUT2D eigenvalue weighted by Gasteiger charge is -2.16. The Labute approximate surface area is 251 Å². The van der Waals surface area contributed by atoms with Crippen LogP contribution < -0.4 is 5.32 Å². The average molecular weight is 600 g/mol. The van der Waals surface area contributed by atoms with Crippen molar-refractivity contribution < 1.29 is 14.5 Å². The third-order valence-electron chi connectivity index (χ3n) is 7.04. The molecule has 1 amide bonds. The quantitative estimate of drug-likeness (QED) is 0.0468. The molecule has 0 aliphatic carbocycles. The van der Waals surface area contributed by atoms with Gasteiger partial charge in [0.05, 0.1) is 34.6 Å². The number of ketones is 1. The Morgan fingerprint density at radius 3 is 2.64 bits per heavy atom. The maximum atomic E-state index is 12.9. The van der Waals surface area contributed by atoms with Crippen molar-refractivity contribution in [1.29, 1.82) is 0 Å². The van der Waals surface area contributed by atoms with Gasteiger partial charge in [-0.15, -0.1) is 23.1 Å². The summed E-state index contributed by atoms with van der Waals surface area (Å²) in [6, 6.07) is 18.4. The van der Waals surface area contributed by atoms with Gasteiger partial charge in [-0.2, -0.15) is 0 Å². The Morgan fingerprint density at radius 1 is 1.05 bits per heavy atom. The highest BCUT2D eigenvalue weighted by Gasteiger charge is 2.20. The number of Topliss-reactive ketones (excluding diaryl/α,β-unsaturated/α-hetero) is 1. The number of thioether (sulfide) groups is 1. The third kappa shape index (κ3) is 6.92. The van der Waals surface area contributed by atoms with Crippen LogP contribution in [-0.4, -0.2) is 37.8 Å². The number of nitro groups is 1. The van der Waals surface area contributed by atoms with E-state index in [-0.39, 0.29) is 23.4 Å². The van der Waals surface area contributed by atoms with Crippen LogP contribution in [0.4, 0.5) is 5.69 Å². The first-order valence-electron chi connectivity index (χ1n) is 13.5. The number of H-pyrrole nitrogens is 1. The van der Waals surface area contributed by atoms with E-state index in [0.717, 1.165) is 34.9 Å². The number of carbonyl (C=O) groups excluding carboxylic acids is 2. The Bertz CT molecular complexity index is 1720. The van der Waals surface area contributed by atoms with Gasteiger partial charge in [0.25, 0.3) is 11.6 Å². The van der Waals surface area contributed by atoms with E-state index in [9.17, 15) is 19.7 Å². The number of carbonyl (C=O) groups is 2. The summed E-state index contributed by atoms with van der Waals surface area (Å²) >= 11 is 2.61. The highest BCUT2D eigenvalue weighted by Crippen LogP contribution is 2.28. The Morgan fingerprint density at radius 2 is 1.88 bits per heavy atom. The number of rotatable bonds is 13. The number of aromatic amines is 1. The van der Waals surface area contributed by atoms with Crippen molar-refractivity contribution in [2.75, 3.05) is 6.26 Å². The minimum Gasteiger partial charge on any atom is -0.341 e. The van der Waals surface area contributed by atoms with Crippen molar-refractivity contribution in [3.05, 3.63) is 105 Å². The van der Waals surface area contributed by atoms with Crippen molar-refractivity contribution in [1.82, 2.24) is 20.3 Å². The fraction of sp³-hybridized carbons (Fsp3) is 0.226. The van der Waals surface area contributed by atoms with Crippen molar-refractivity contribution in [3.63, 3.8) is 0 Å². The number of amides is 1. The molecule has 0 saturated carbocycles. The summed E-state index contributed by atoms with van der Waals surface area (Å²) in [5.41, 5.74) is 3.99. The van der Waals surface area contributed by atoms with Gasteiger partial charge in [-0.1, -0.05) is 49.2 Å². The summed E-state index contributed by atoms with van der Waals surface area (Å²) in [7, 11) is 0. The molecule has 0 radical (unpaired) electrons. The third-order valence-corrected chi connectivity index (χ3v) is 8.59. The van der Waals surface area contributed by atoms with E-state index < -0.39 is 4.92 Å². The van der Waals surface area contributed by atoms with Gasteiger partial charge in [0.1, 0.15) is 10.7 Å². The standard InChI is InChI=1S/C31H29N5O4S2/c1-41-28-16-23(36(39)40)13-14-24(28)27(37)10-4-2-3-9-25(35-31(38)29-18-32-19-42-29)30-33-17-26(34-30)22-12-11-20-7-5-6-8-21(20)15-22/h5-8,11-19,25H,2-4,9-10H2,1H3,(H,33,34)(H,35,38)/t25-/m0/s1. The normalized spacial score (nSPS) is 11.8. The van der Waals surface area contributed by atoms with Crippen molar-refractivity contribution in [3.8, 4) is 11.3 Å². The summed E-state index contributed by atoms with van der Waals surface area (Å²) < 4.78 is 0. The molecule has 0 aliphatic rings. The van der Waals surface area contributed by atoms with Crippen molar-refractivity contribution in [2.24, 2.45) is 0 Å². The van der Waals surface area contributed by atoms with E-state index in [1.807, 2.05) is 12.1 Å². The number of thiazole rings is 1. The minimum absolute atomic E-state index is 0.0241. The molecular weight excluding hydrogens is 571 g/mol. The van der Waals surface area contributed by atoms with Gasteiger partial charge in [0.2, 0.25) is 0 Å². The van der Waals surface area contributed by atoms with Crippen LogP contribution in [0.1, 0.15) is 64.0 Å². The summed E-state index contributed by atoms with van der Waals surface area (Å²) in [6.45, 7) is 0. The molecule has 214 valence electrons. The number of nitrogens with one attached hydrogen (secondary N) is 2. The van der Waals surface area contributed by atoms with E-state index in [2.05, 4.69) is 50.6 Å². The summed E-state index contributed by atoms with van der Waals surface area (Å²) in [5, 5.41) is 16.5. The first kappa shape index (κ1) is 29.2. The molecule has 0 bridgehead atoms. The van der Waals surface area contributed by atoms with Crippen LogP contribution in [0, 0.1) is 10.1 Å². The Hall–Kier alpha value is -4.35. The molecule has 11 heteroatoms. The SMILES string of the molecule is CSc1cc([N+](=O)[O-])ccc1C(=O)CCCCC[C@H](NC(=O)c1cncs1)c1ncc(-c2ccc3ccccc3c2)[nH]1. The Kier molecular flexibility index (Phi) is 9.40. The molecule has 2 heterocycles. The van der Waals surface area contributed by atoms with Gasteiger partial charge >= 0.3 is 0 Å². The van der Waals surface area contributed by atoms with Gasteiger partial charge in [0, 0.05) is 34.6 Å². The molecule has 0 saturated heterocycles. The zero-order chi connectivity index (χ0) is 29.5. The maximum Gasteiger partial charge on any atom is 0.270 e. The van der Waals surface area contributed by atoms with Crippen LogP contribution in [0.2, 0.25) is 0 Å². The van der Waals surface area contributed by atoms with Crippen LogP contribution in [0.15, 0.2) is 83.5 Å². The lowest BCUT2D eigenvalue weighted by Crippen LogP contribution is -2.28. The number of fused-ring (bicyclic) bond motifs is 1. The number of aromatic nitrogens is 3. The van der Waals surface area contributed by atoms with Crippen molar-refractivity contribution in [2.45, 2.75) is 43.0 Å². The molecule has 0 fully saturated rings. The van der Waals surface area contributed by atoms with E-state index in [4.69, 9.17) is 0 Å². The Balaban J connectivity index is 1.23. The number of imidazole rings is 1. The molecule has 42 heavy (non-hydrogen) atoms. The fourth-order valence-corrected chi connectivity index (χ4v) is 5.98. The van der Waals surface area contributed by atoms with Gasteiger partial charge in [-0.3, -0.25) is 24.7 Å². The second-order valence-corrected chi connectivity index (χ2v) is 11.5. The molecule has 9 nitrogen and oxygen atoms in total. The smallest absolute Gasteiger partial charge is 0.270 e. The fourth-order valence-electron chi connectivity index (χ4n) is 4.82. The number of nitrogens with zero attached hydrogens (tertiary/aromatic N) is 3. The average Bonchev–Trinajstić information content (AvgIpc) is 3.73. The number of hydrogen-bond acceptors (Lipinski definition) is 8. The predicted octanol–water partition coefficient (Wildman–Crippen LogP) is 7.62. The number of unbranched alkanes of at least 4 members (excludes halogenated alkanes) is 2. The lowest BCUT2D eigenvalue weighted by molar-refractivity contribution is -0.385. The van der Waals surface area contributed by atoms with Gasteiger partial charge in [0.15, 0.2) is 5.78 Å². The highest BCUT2D eigenvalue weighted by atomic mass is 32.2. The molecule has 1 atom stereocenters. The summed E-state index contributed by atoms with van der Waals surface area (Å²) in [5.74, 6) is 0.432. The van der Waals surface area contributed by atoms with Crippen LogP contribution in [0.5, 0.6) is 0 Å².